The molecular formula is C10H12F2O6. The molecule has 0 aromatic rings. The normalized spacial score (nSPS) is 19.9. The molecule has 6 nitrogen and oxygen atoms in total. The van der Waals surface area contributed by atoms with Crippen LogP contribution in [-0.4, -0.2) is 43.1 Å². The van der Waals surface area contributed by atoms with Crippen LogP contribution in [0.4, 0.5) is 8.78 Å². The van der Waals surface area contributed by atoms with Gasteiger partial charge >= 0.3 is 23.8 Å². The van der Waals surface area contributed by atoms with Crippen molar-refractivity contribution in [3.63, 3.8) is 0 Å². The van der Waals surface area contributed by atoms with Crippen molar-refractivity contribution in [3.05, 3.63) is 0 Å². The third-order valence-corrected chi connectivity index (χ3v) is 2.07. The van der Waals surface area contributed by atoms with Gasteiger partial charge in [-0.25, -0.2) is 14.4 Å². The summed E-state index contributed by atoms with van der Waals surface area (Å²) in [6, 6.07) is 0. The van der Waals surface area contributed by atoms with Crippen LogP contribution in [0.5, 0.6) is 0 Å². The molecule has 1 unspecified atom stereocenters. The number of carbonyl (C=O) groups is 3. The molecule has 1 fully saturated rings. The molecule has 18 heavy (non-hydrogen) atoms. The number of hydrogen-bond acceptors (Lipinski definition) is 6. The van der Waals surface area contributed by atoms with Crippen molar-refractivity contribution in [1.82, 2.24) is 0 Å². The van der Waals surface area contributed by atoms with Crippen LogP contribution in [-0.2, 0) is 28.6 Å². The van der Waals surface area contributed by atoms with Crippen molar-refractivity contribution in [2.75, 3.05) is 13.2 Å². The number of esters is 3. The molecule has 1 atom stereocenters. The third-order valence-electron chi connectivity index (χ3n) is 2.07. The molecular weight excluding hydrogens is 254 g/mol. The predicted molar refractivity (Wildman–Crippen MR) is 51.7 cm³/mol. The SMILES string of the molecule is CC(F)(F)C(=O)OCC(=O)OC1CCCOC1=O. The topological polar surface area (TPSA) is 78.9 Å². The fourth-order valence-corrected chi connectivity index (χ4v) is 1.20. The Labute approximate surface area is 101 Å². The highest BCUT2D eigenvalue weighted by Gasteiger charge is 2.35. The maximum Gasteiger partial charge on any atom is 0.377 e. The molecule has 1 saturated heterocycles. The second-order valence-corrected chi connectivity index (χ2v) is 3.75. The molecule has 102 valence electrons. The summed E-state index contributed by atoms with van der Waals surface area (Å²) in [5, 5.41) is 0. The van der Waals surface area contributed by atoms with Gasteiger partial charge in [0, 0.05) is 6.92 Å². The van der Waals surface area contributed by atoms with Gasteiger partial charge in [-0.05, 0) is 12.8 Å². The van der Waals surface area contributed by atoms with E-state index in [4.69, 9.17) is 0 Å². The number of carbonyl (C=O) groups excluding carboxylic acids is 3. The molecule has 0 spiro atoms. The maximum atomic E-state index is 12.4. The fourth-order valence-electron chi connectivity index (χ4n) is 1.20. The smallest absolute Gasteiger partial charge is 0.377 e. The molecule has 1 heterocycles. The van der Waals surface area contributed by atoms with Gasteiger partial charge < -0.3 is 14.2 Å². The monoisotopic (exact) mass is 266 g/mol. The Hall–Kier alpha value is -1.73. The minimum Gasteiger partial charge on any atom is -0.463 e. The molecule has 0 amide bonds. The summed E-state index contributed by atoms with van der Waals surface area (Å²) in [6.45, 7) is -0.366. The van der Waals surface area contributed by atoms with Crippen LogP contribution in [0.25, 0.3) is 0 Å². The highest BCUT2D eigenvalue weighted by atomic mass is 19.3. The van der Waals surface area contributed by atoms with Gasteiger partial charge in [0.1, 0.15) is 0 Å². The van der Waals surface area contributed by atoms with Crippen molar-refractivity contribution in [2.24, 2.45) is 0 Å². The number of cyclic esters (lactones) is 1. The van der Waals surface area contributed by atoms with E-state index in [0.717, 1.165) is 0 Å². The summed E-state index contributed by atoms with van der Waals surface area (Å²) < 4.78 is 38.1. The van der Waals surface area contributed by atoms with Crippen LogP contribution in [0.3, 0.4) is 0 Å². The van der Waals surface area contributed by atoms with Gasteiger partial charge in [0.2, 0.25) is 0 Å². The van der Waals surface area contributed by atoms with Crippen LogP contribution in [0.2, 0.25) is 0 Å². The zero-order chi connectivity index (χ0) is 13.8. The van der Waals surface area contributed by atoms with Crippen molar-refractivity contribution < 1.29 is 37.4 Å². The second-order valence-electron chi connectivity index (χ2n) is 3.75. The summed E-state index contributed by atoms with van der Waals surface area (Å²) in [7, 11) is 0. The Kier molecular flexibility index (Phi) is 4.57. The van der Waals surface area contributed by atoms with Crippen molar-refractivity contribution in [1.29, 1.82) is 0 Å². The zero-order valence-corrected chi connectivity index (χ0v) is 9.61. The van der Waals surface area contributed by atoms with E-state index in [1.165, 1.54) is 0 Å². The minimum atomic E-state index is -3.68. The summed E-state index contributed by atoms with van der Waals surface area (Å²) in [4.78, 5) is 32.9. The first-order valence-electron chi connectivity index (χ1n) is 5.22. The summed E-state index contributed by atoms with van der Waals surface area (Å²) >= 11 is 0. The molecule has 0 saturated carbocycles. The Bertz CT molecular complexity index is 349. The lowest BCUT2D eigenvalue weighted by atomic mass is 10.1. The van der Waals surface area contributed by atoms with E-state index < -0.39 is 36.5 Å². The highest BCUT2D eigenvalue weighted by molar-refractivity contribution is 5.83. The Balaban J connectivity index is 2.33. The van der Waals surface area contributed by atoms with Gasteiger partial charge in [-0.1, -0.05) is 0 Å². The Morgan fingerprint density at radius 2 is 2.17 bits per heavy atom. The number of rotatable bonds is 4. The first-order chi connectivity index (χ1) is 8.30. The molecule has 0 radical (unpaired) electrons. The van der Waals surface area contributed by atoms with E-state index in [-0.39, 0.29) is 6.61 Å². The van der Waals surface area contributed by atoms with Crippen molar-refractivity contribution in [2.45, 2.75) is 31.8 Å². The molecule has 1 aliphatic rings. The quantitative estimate of drug-likeness (QED) is 0.542. The number of halogens is 2. The number of hydrogen-bond donors (Lipinski definition) is 0. The summed E-state index contributed by atoms with van der Waals surface area (Å²) in [5.74, 6) is -7.27. The molecule has 0 aromatic carbocycles. The largest absolute Gasteiger partial charge is 0.463 e. The van der Waals surface area contributed by atoms with Gasteiger partial charge in [-0.15, -0.1) is 0 Å². The zero-order valence-electron chi connectivity index (χ0n) is 9.61. The lowest BCUT2D eigenvalue weighted by Crippen LogP contribution is -2.35. The van der Waals surface area contributed by atoms with Gasteiger partial charge in [0.05, 0.1) is 6.61 Å². The predicted octanol–water partition coefficient (Wildman–Crippen LogP) is 0.434. The van der Waals surface area contributed by atoms with Gasteiger partial charge in [0.25, 0.3) is 0 Å². The first kappa shape index (κ1) is 14.3. The van der Waals surface area contributed by atoms with Crippen molar-refractivity contribution >= 4 is 17.9 Å². The van der Waals surface area contributed by atoms with Gasteiger partial charge in [0.15, 0.2) is 12.7 Å². The van der Waals surface area contributed by atoms with Crippen LogP contribution >= 0.6 is 0 Å². The maximum absolute atomic E-state index is 12.4. The number of alkyl halides is 2. The van der Waals surface area contributed by atoms with Crippen LogP contribution < -0.4 is 0 Å². The number of ether oxygens (including phenoxy) is 3. The van der Waals surface area contributed by atoms with Gasteiger partial charge in [-0.2, -0.15) is 8.78 Å². The molecule has 8 heteroatoms. The molecule has 1 rings (SSSR count). The van der Waals surface area contributed by atoms with Crippen molar-refractivity contribution in [3.8, 4) is 0 Å². The minimum absolute atomic E-state index is 0.254. The highest BCUT2D eigenvalue weighted by Crippen LogP contribution is 2.14. The molecule has 0 aliphatic carbocycles. The van der Waals surface area contributed by atoms with E-state index in [1.54, 1.807) is 0 Å². The molecule has 0 aromatic heterocycles. The summed E-state index contributed by atoms with van der Waals surface area (Å²) in [6.07, 6.45) is -0.231. The summed E-state index contributed by atoms with van der Waals surface area (Å²) in [5.41, 5.74) is 0. The third kappa shape index (κ3) is 4.27. The van der Waals surface area contributed by atoms with Crippen LogP contribution in [0.15, 0.2) is 0 Å². The van der Waals surface area contributed by atoms with E-state index in [1.807, 2.05) is 0 Å². The van der Waals surface area contributed by atoms with E-state index in [2.05, 4.69) is 14.2 Å². The Morgan fingerprint density at radius 3 is 2.72 bits per heavy atom. The average molecular weight is 266 g/mol. The Morgan fingerprint density at radius 1 is 1.50 bits per heavy atom. The lowest BCUT2D eigenvalue weighted by Gasteiger charge is -2.20. The standard InChI is InChI=1S/C10H12F2O6/c1-10(11,12)9(15)17-5-7(13)18-6-3-2-4-16-8(6)14/h6H,2-5H2,1H3. The average Bonchev–Trinajstić information content (AvgIpc) is 2.27. The van der Waals surface area contributed by atoms with Gasteiger partial charge in [-0.3, -0.25) is 0 Å². The molecule has 1 aliphatic heterocycles. The first-order valence-corrected chi connectivity index (χ1v) is 5.22. The van der Waals surface area contributed by atoms with Crippen LogP contribution in [0, 0.1) is 0 Å². The van der Waals surface area contributed by atoms with E-state index in [9.17, 15) is 23.2 Å². The molecule has 0 N–H and O–H groups in total. The second kappa shape index (κ2) is 5.74. The fraction of sp³-hybridized carbons (Fsp3) is 0.700. The molecule has 0 bridgehead atoms. The van der Waals surface area contributed by atoms with E-state index in [0.29, 0.717) is 19.8 Å². The van der Waals surface area contributed by atoms with E-state index >= 15 is 0 Å². The lowest BCUT2D eigenvalue weighted by molar-refractivity contribution is -0.182. The van der Waals surface area contributed by atoms with Crippen LogP contribution in [0.1, 0.15) is 19.8 Å².